The number of sulfonamides is 1. The van der Waals surface area contributed by atoms with Gasteiger partial charge in [0.05, 0.1) is 17.2 Å². The van der Waals surface area contributed by atoms with E-state index in [4.69, 9.17) is 0 Å². The third kappa shape index (κ3) is 3.62. The van der Waals surface area contributed by atoms with Crippen molar-refractivity contribution in [2.24, 2.45) is 0 Å². The number of hydrogen-bond donors (Lipinski definition) is 1. The largest absolute Gasteiger partial charge is 0.270 e. The highest BCUT2D eigenvalue weighted by molar-refractivity contribution is 9.10. The van der Waals surface area contributed by atoms with Crippen molar-refractivity contribution in [2.45, 2.75) is 11.4 Å². The number of hydrogen-bond acceptors (Lipinski definition) is 3. The molecule has 0 spiro atoms. The van der Waals surface area contributed by atoms with Crippen molar-refractivity contribution in [3.8, 4) is 0 Å². The molecule has 0 amide bonds. The molecule has 2 rings (SSSR count). The van der Waals surface area contributed by atoms with E-state index in [9.17, 15) is 17.2 Å². The van der Waals surface area contributed by atoms with Gasteiger partial charge in [0, 0.05) is 12.7 Å². The predicted octanol–water partition coefficient (Wildman–Crippen LogP) is 1.90. The Bertz CT molecular complexity index is 718. The minimum absolute atomic E-state index is 0.00636. The molecule has 5 nitrogen and oxygen atoms in total. The minimum atomic E-state index is -4.09. The Kier molecular flexibility index (Phi) is 4.51. The summed E-state index contributed by atoms with van der Waals surface area (Å²) in [7, 11) is -4.09. The fourth-order valence-electron chi connectivity index (χ4n) is 1.52. The average molecular weight is 366 g/mol. The van der Waals surface area contributed by atoms with Crippen LogP contribution in [0, 0.1) is 11.6 Å². The number of aromatic nitrogens is 2. The van der Waals surface area contributed by atoms with Gasteiger partial charge < -0.3 is 0 Å². The molecule has 9 heteroatoms. The first-order valence-corrected chi connectivity index (χ1v) is 7.79. The van der Waals surface area contributed by atoms with E-state index in [0.717, 1.165) is 16.6 Å². The summed E-state index contributed by atoms with van der Waals surface area (Å²) in [6.45, 7) is 0.272. The summed E-state index contributed by atoms with van der Waals surface area (Å²) < 4.78 is 54.5. The monoisotopic (exact) mass is 365 g/mol. The number of nitrogens with one attached hydrogen (secondary N) is 1. The quantitative estimate of drug-likeness (QED) is 0.879. The lowest BCUT2D eigenvalue weighted by Crippen LogP contribution is -2.28. The van der Waals surface area contributed by atoms with Crippen LogP contribution in [0.25, 0.3) is 0 Å². The van der Waals surface area contributed by atoms with E-state index in [1.54, 1.807) is 12.4 Å². The highest BCUT2D eigenvalue weighted by Gasteiger charge is 2.19. The summed E-state index contributed by atoms with van der Waals surface area (Å²) in [6.07, 6.45) is 3.22. The van der Waals surface area contributed by atoms with Crippen LogP contribution in [-0.2, 0) is 16.6 Å². The van der Waals surface area contributed by atoms with Crippen LogP contribution in [0.1, 0.15) is 0 Å². The summed E-state index contributed by atoms with van der Waals surface area (Å²) in [6, 6.07) is 2.27. The van der Waals surface area contributed by atoms with E-state index in [1.807, 2.05) is 0 Å². The van der Waals surface area contributed by atoms with Crippen LogP contribution < -0.4 is 4.72 Å². The minimum Gasteiger partial charge on any atom is -0.270 e. The van der Waals surface area contributed by atoms with Gasteiger partial charge in [-0.15, -0.1) is 0 Å². The van der Waals surface area contributed by atoms with Crippen LogP contribution in [0.5, 0.6) is 0 Å². The molecule has 0 aliphatic heterocycles. The van der Waals surface area contributed by atoms with Crippen molar-refractivity contribution in [3.05, 3.63) is 46.7 Å². The molecule has 20 heavy (non-hydrogen) atoms. The van der Waals surface area contributed by atoms with Gasteiger partial charge >= 0.3 is 0 Å². The standard InChI is InChI=1S/C11H10BrF2N3O2S/c12-8-6-15-17(7-8)4-3-16-20(18,19)11-5-9(13)1-2-10(11)14/h1-2,5-7,16H,3-4H2. The van der Waals surface area contributed by atoms with Crippen LogP contribution in [0.3, 0.4) is 0 Å². The Labute approximate surface area is 122 Å². The van der Waals surface area contributed by atoms with Gasteiger partial charge in [0.25, 0.3) is 0 Å². The molecule has 0 saturated heterocycles. The van der Waals surface area contributed by atoms with Crippen molar-refractivity contribution in [1.29, 1.82) is 0 Å². The van der Waals surface area contributed by atoms with Crippen molar-refractivity contribution in [1.82, 2.24) is 14.5 Å². The van der Waals surface area contributed by atoms with Crippen molar-refractivity contribution < 1.29 is 17.2 Å². The van der Waals surface area contributed by atoms with Crippen molar-refractivity contribution >= 4 is 26.0 Å². The normalized spacial score (nSPS) is 11.8. The first kappa shape index (κ1) is 15.1. The molecule has 0 aliphatic carbocycles. The molecule has 0 saturated carbocycles. The fraction of sp³-hybridized carbons (Fsp3) is 0.182. The SMILES string of the molecule is O=S(=O)(NCCn1cc(Br)cn1)c1cc(F)ccc1F. The number of benzene rings is 1. The van der Waals surface area contributed by atoms with Crippen LogP contribution in [0.2, 0.25) is 0 Å². The van der Waals surface area contributed by atoms with Crippen molar-refractivity contribution in [2.75, 3.05) is 6.54 Å². The molecule has 0 aliphatic rings. The van der Waals surface area contributed by atoms with Gasteiger partial charge in [-0.2, -0.15) is 5.10 Å². The lowest BCUT2D eigenvalue weighted by atomic mass is 10.3. The second-order valence-corrected chi connectivity index (χ2v) is 6.55. The maximum Gasteiger partial charge on any atom is 0.243 e. The molecule has 0 unspecified atom stereocenters. The predicted molar refractivity (Wildman–Crippen MR) is 71.5 cm³/mol. The van der Waals surface area contributed by atoms with E-state index in [0.29, 0.717) is 6.07 Å². The molecule has 0 fully saturated rings. The highest BCUT2D eigenvalue weighted by atomic mass is 79.9. The smallest absolute Gasteiger partial charge is 0.243 e. The lowest BCUT2D eigenvalue weighted by Gasteiger charge is -2.07. The molecule has 1 heterocycles. The van der Waals surface area contributed by atoms with Gasteiger partial charge in [-0.05, 0) is 34.1 Å². The second kappa shape index (κ2) is 5.98. The topological polar surface area (TPSA) is 64.0 Å². The van der Waals surface area contributed by atoms with Crippen molar-refractivity contribution in [3.63, 3.8) is 0 Å². The summed E-state index contributed by atoms with van der Waals surface area (Å²) in [5, 5.41) is 3.94. The van der Waals surface area contributed by atoms with Gasteiger partial charge in [0.1, 0.15) is 16.5 Å². The molecular formula is C11H10BrF2N3O2S. The third-order valence-corrected chi connectivity index (χ3v) is 4.30. The Balaban J connectivity index is 2.06. The maximum atomic E-state index is 13.4. The zero-order chi connectivity index (χ0) is 14.8. The average Bonchev–Trinajstić information content (AvgIpc) is 2.78. The Morgan fingerprint density at radius 3 is 2.75 bits per heavy atom. The highest BCUT2D eigenvalue weighted by Crippen LogP contribution is 2.15. The Morgan fingerprint density at radius 2 is 2.10 bits per heavy atom. The van der Waals surface area contributed by atoms with Gasteiger partial charge in [-0.25, -0.2) is 21.9 Å². The zero-order valence-corrected chi connectivity index (χ0v) is 12.5. The lowest BCUT2D eigenvalue weighted by molar-refractivity contribution is 0.537. The zero-order valence-electron chi connectivity index (χ0n) is 10.1. The fourth-order valence-corrected chi connectivity index (χ4v) is 2.95. The maximum absolute atomic E-state index is 13.4. The molecule has 0 bridgehead atoms. The van der Waals surface area contributed by atoms with Gasteiger partial charge in [-0.1, -0.05) is 0 Å². The van der Waals surface area contributed by atoms with E-state index >= 15 is 0 Å². The number of nitrogens with zero attached hydrogens (tertiary/aromatic N) is 2. The molecule has 0 radical (unpaired) electrons. The summed E-state index contributed by atoms with van der Waals surface area (Å²) >= 11 is 3.20. The first-order chi connectivity index (χ1) is 9.38. The molecule has 1 aromatic heterocycles. The molecule has 2 aromatic rings. The Morgan fingerprint density at radius 1 is 1.35 bits per heavy atom. The summed E-state index contributed by atoms with van der Waals surface area (Å²) in [4.78, 5) is -0.709. The van der Waals surface area contributed by atoms with E-state index in [1.165, 1.54) is 4.68 Å². The number of rotatable bonds is 5. The molecular weight excluding hydrogens is 356 g/mol. The Hall–Kier alpha value is -1.32. The molecule has 108 valence electrons. The van der Waals surface area contributed by atoms with Crippen LogP contribution >= 0.6 is 15.9 Å². The molecule has 1 aromatic carbocycles. The molecule has 0 atom stereocenters. The van der Waals surface area contributed by atoms with Gasteiger partial charge in [0.2, 0.25) is 10.0 Å². The van der Waals surface area contributed by atoms with Crippen LogP contribution in [0.4, 0.5) is 8.78 Å². The summed E-state index contributed by atoms with van der Waals surface area (Å²) in [5.41, 5.74) is 0. The van der Waals surface area contributed by atoms with Crippen LogP contribution in [0.15, 0.2) is 40.0 Å². The van der Waals surface area contributed by atoms with Crippen LogP contribution in [-0.4, -0.2) is 24.7 Å². The number of halogens is 3. The van der Waals surface area contributed by atoms with E-state index in [2.05, 4.69) is 25.8 Å². The molecule has 1 N–H and O–H groups in total. The van der Waals surface area contributed by atoms with E-state index < -0.39 is 26.6 Å². The first-order valence-electron chi connectivity index (χ1n) is 5.51. The summed E-state index contributed by atoms with van der Waals surface area (Å²) in [5.74, 6) is -1.82. The second-order valence-electron chi connectivity index (χ2n) is 3.89. The van der Waals surface area contributed by atoms with Gasteiger partial charge in [-0.3, -0.25) is 4.68 Å². The van der Waals surface area contributed by atoms with E-state index in [-0.39, 0.29) is 13.1 Å². The van der Waals surface area contributed by atoms with Gasteiger partial charge in [0.15, 0.2) is 0 Å². The third-order valence-electron chi connectivity index (χ3n) is 2.42.